The van der Waals surface area contributed by atoms with Crippen LogP contribution in [0.15, 0.2) is 72.9 Å². The molecule has 3 aromatic rings. The normalized spacial score (nSPS) is 18.6. The number of anilines is 2. The molecule has 3 heterocycles. The second-order valence-electron chi connectivity index (χ2n) is 9.59. The van der Waals surface area contributed by atoms with Crippen LogP contribution in [-0.2, 0) is 9.59 Å². The van der Waals surface area contributed by atoms with Crippen molar-refractivity contribution in [3.63, 3.8) is 0 Å². The molecule has 0 radical (unpaired) electrons. The van der Waals surface area contributed by atoms with E-state index in [2.05, 4.69) is 10.3 Å². The van der Waals surface area contributed by atoms with Crippen molar-refractivity contribution in [2.75, 3.05) is 36.4 Å². The van der Waals surface area contributed by atoms with Gasteiger partial charge in [-0.25, -0.2) is 4.98 Å². The van der Waals surface area contributed by atoms with Crippen molar-refractivity contribution in [2.24, 2.45) is 5.92 Å². The van der Waals surface area contributed by atoms with Gasteiger partial charge in [0.2, 0.25) is 5.91 Å². The van der Waals surface area contributed by atoms with Gasteiger partial charge in [0.15, 0.2) is 0 Å². The van der Waals surface area contributed by atoms with E-state index in [0.717, 1.165) is 25.2 Å². The van der Waals surface area contributed by atoms with E-state index in [1.807, 2.05) is 35.2 Å². The highest BCUT2D eigenvalue weighted by molar-refractivity contribution is 6.11. The van der Waals surface area contributed by atoms with Crippen molar-refractivity contribution in [3.05, 3.63) is 89.6 Å². The number of carbonyl (C=O) groups excluding carboxylic acids is 3. The van der Waals surface area contributed by atoms with Crippen LogP contribution in [0, 0.1) is 5.92 Å². The third-order valence-corrected chi connectivity index (χ3v) is 7.24. The molecule has 37 heavy (non-hydrogen) atoms. The third-order valence-electron chi connectivity index (χ3n) is 7.24. The maximum absolute atomic E-state index is 13.7. The number of rotatable bonds is 8. The maximum Gasteiger partial charge on any atom is 0.259 e. The van der Waals surface area contributed by atoms with Crippen LogP contribution in [0.25, 0.3) is 0 Å². The highest BCUT2D eigenvalue weighted by Crippen LogP contribution is 2.40. The molecule has 1 aromatic heterocycles. The van der Waals surface area contributed by atoms with Gasteiger partial charge in [0, 0.05) is 49.0 Å². The number of benzene rings is 2. The van der Waals surface area contributed by atoms with Gasteiger partial charge in [0.1, 0.15) is 12.4 Å². The number of carboxylic acids is 1. The van der Waals surface area contributed by atoms with Crippen molar-refractivity contribution in [1.29, 1.82) is 0 Å². The molecule has 2 aromatic carbocycles. The molecular weight excluding hydrogens is 468 g/mol. The van der Waals surface area contributed by atoms with E-state index in [0.29, 0.717) is 41.4 Å². The van der Waals surface area contributed by atoms with Gasteiger partial charge in [-0.1, -0.05) is 42.5 Å². The molecule has 2 aliphatic rings. The molecule has 2 aliphatic heterocycles. The van der Waals surface area contributed by atoms with E-state index < -0.39 is 11.9 Å². The third kappa shape index (κ3) is 5.33. The highest BCUT2D eigenvalue weighted by Gasteiger charge is 2.35. The molecule has 1 N–H and O–H groups in total. The number of pyridine rings is 1. The van der Waals surface area contributed by atoms with Crippen LogP contribution in [0.2, 0.25) is 0 Å². The Hall–Kier alpha value is -4.20. The fourth-order valence-electron chi connectivity index (χ4n) is 5.39. The predicted molar refractivity (Wildman–Crippen MR) is 138 cm³/mol. The lowest BCUT2D eigenvalue weighted by Crippen LogP contribution is -2.42. The number of carboxylic acid groups (broad SMARTS) is 1. The van der Waals surface area contributed by atoms with Gasteiger partial charge in [0.25, 0.3) is 5.91 Å². The minimum absolute atomic E-state index is 0.0961. The van der Waals surface area contributed by atoms with E-state index in [9.17, 15) is 19.5 Å². The largest absolute Gasteiger partial charge is 0.550 e. The van der Waals surface area contributed by atoms with E-state index in [4.69, 9.17) is 0 Å². The Bertz CT molecular complexity index is 1300. The Labute approximate surface area is 215 Å². The average Bonchev–Trinajstić information content (AvgIpc) is 3.37. The smallest absolute Gasteiger partial charge is 0.259 e. The SMILES string of the molecule is O=C([O-])CC1c2ccccc2C(=O)N(CC(=O)N2CCC(CCNc3ccccn3)C2)c2ccccc21. The monoisotopic (exact) mass is 497 g/mol. The van der Waals surface area contributed by atoms with E-state index >= 15 is 0 Å². The standard InChI is InChI=1S/C29H30N4O4/c34-27(32-16-13-20(18-32)12-15-31-26-11-5-6-14-30-26)19-33-25-10-4-3-8-22(25)24(17-28(35)36)21-7-1-2-9-23(21)29(33)37/h1-11,14,20,24H,12-13,15-19H2,(H,30,31)(H,35,36)/p-1. The number of fused-ring (bicyclic) bond motifs is 2. The van der Waals surface area contributed by atoms with Gasteiger partial charge in [-0.2, -0.15) is 0 Å². The van der Waals surface area contributed by atoms with E-state index in [1.54, 1.807) is 42.6 Å². The Balaban J connectivity index is 1.31. The van der Waals surface area contributed by atoms with Crippen LogP contribution in [0.3, 0.4) is 0 Å². The van der Waals surface area contributed by atoms with Crippen molar-refractivity contribution in [1.82, 2.24) is 9.88 Å². The zero-order valence-electron chi connectivity index (χ0n) is 20.5. The van der Waals surface area contributed by atoms with E-state index in [-0.39, 0.29) is 24.8 Å². The fraction of sp³-hybridized carbons (Fsp3) is 0.310. The second kappa shape index (κ2) is 10.8. The molecule has 8 heteroatoms. The van der Waals surface area contributed by atoms with Gasteiger partial charge in [-0.15, -0.1) is 0 Å². The lowest BCUT2D eigenvalue weighted by molar-refractivity contribution is -0.306. The average molecular weight is 498 g/mol. The summed E-state index contributed by atoms with van der Waals surface area (Å²) in [6.07, 6.45) is 3.34. The summed E-state index contributed by atoms with van der Waals surface area (Å²) in [5, 5.41) is 14.9. The summed E-state index contributed by atoms with van der Waals surface area (Å²) < 4.78 is 0. The van der Waals surface area contributed by atoms with Gasteiger partial charge in [-0.05, 0) is 60.6 Å². The number of para-hydroxylation sites is 1. The van der Waals surface area contributed by atoms with Crippen LogP contribution < -0.4 is 15.3 Å². The summed E-state index contributed by atoms with van der Waals surface area (Å²) in [6, 6.07) is 20.0. The van der Waals surface area contributed by atoms with Crippen LogP contribution >= 0.6 is 0 Å². The number of aliphatic carboxylic acids is 1. The molecule has 1 saturated heterocycles. The molecule has 0 bridgehead atoms. The molecule has 1 fully saturated rings. The second-order valence-corrected chi connectivity index (χ2v) is 9.59. The Morgan fingerprint density at radius 2 is 1.76 bits per heavy atom. The van der Waals surface area contributed by atoms with Crippen molar-refractivity contribution in [2.45, 2.75) is 25.2 Å². The van der Waals surface area contributed by atoms with Crippen LogP contribution in [0.1, 0.15) is 46.7 Å². The quantitative estimate of drug-likeness (QED) is 0.513. The van der Waals surface area contributed by atoms with Gasteiger partial charge >= 0.3 is 0 Å². The molecule has 8 nitrogen and oxygen atoms in total. The fourth-order valence-corrected chi connectivity index (χ4v) is 5.39. The number of likely N-dealkylation sites (tertiary alicyclic amines) is 1. The van der Waals surface area contributed by atoms with Crippen molar-refractivity contribution >= 4 is 29.3 Å². The topological polar surface area (TPSA) is 106 Å². The number of aromatic nitrogens is 1. The van der Waals surface area contributed by atoms with Crippen LogP contribution in [0.5, 0.6) is 0 Å². The maximum atomic E-state index is 13.7. The number of hydrogen-bond acceptors (Lipinski definition) is 6. The molecule has 0 aliphatic carbocycles. The summed E-state index contributed by atoms with van der Waals surface area (Å²) in [5.41, 5.74) is 2.33. The number of nitrogens with one attached hydrogen (secondary N) is 1. The zero-order chi connectivity index (χ0) is 25.8. The summed E-state index contributed by atoms with van der Waals surface area (Å²) >= 11 is 0. The minimum atomic E-state index is -1.19. The lowest BCUT2D eigenvalue weighted by Gasteiger charge is -2.26. The molecule has 0 spiro atoms. The molecule has 0 saturated carbocycles. The first-order valence-corrected chi connectivity index (χ1v) is 12.6. The lowest BCUT2D eigenvalue weighted by atomic mass is 9.86. The van der Waals surface area contributed by atoms with E-state index in [1.165, 1.54) is 4.90 Å². The molecular formula is C29H29N4O4-. The number of carbonyl (C=O) groups is 3. The Morgan fingerprint density at radius 3 is 2.54 bits per heavy atom. The first-order chi connectivity index (χ1) is 18.0. The first kappa shape index (κ1) is 24.5. The molecule has 190 valence electrons. The summed E-state index contributed by atoms with van der Waals surface area (Å²) in [6.45, 7) is 1.98. The number of hydrogen-bond donors (Lipinski definition) is 1. The zero-order valence-corrected chi connectivity index (χ0v) is 20.5. The van der Waals surface area contributed by atoms with Crippen molar-refractivity contribution in [3.8, 4) is 0 Å². The van der Waals surface area contributed by atoms with Gasteiger partial charge < -0.3 is 20.1 Å². The Kier molecular flexibility index (Phi) is 7.16. The summed E-state index contributed by atoms with van der Waals surface area (Å²) in [7, 11) is 0. The molecule has 2 amide bonds. The molecule has 5 rings (SSSR count). The van der Waals surface area contributed by atoms with Gasteiger partial charge in [0.05, 0.1) is 0 Å². The van der Waals surface area contributed by atoms with Crippen molar-refractivity contribution < 1.29 is 19.5 Å². The molecule has 2 unspecified atom stereocenters. The molecule has 2 atom stereocenters. The minimum Gasteiger partial charge on any atom is -0.550 e. The number of nitrogens with zero attached hydrogens (tertiary/aromatic N) is 3. The van der Waals surface area contributed by atoms with Crippen LogP contribution in [-0.4, -0.2) is 53.8 Å². The first-order valence-electron chi connectivity index (χ1n) is 12.6. The number of amides is 2. The predicted octanol–water partition coefficient (Wildman–Crippen LogP) is 2.66. The summed E-state index contributed by atoms with van der Waals surface area (Å²) in [4.78, 5) is 46.3. The Morgan fingerprint density at radius 1 is 1.00 bits per heavy atom. The van der Waals surface area contributed by atoms with Gasteiger partial charge in [-0.3, -0.25) is 14.5 Å². The van der Waals surface area contributed by atoms with Crippen LogP contribution in [0.4, 0.5) is 11.5 Å². The highest BCUT2D eigenvalue weighted by atomic mass is 16.4. The summed E-state index contributed by atoms with van der Waals surface area (Å²) in [5.74, 6) is -0.923.